The summed E-state index contributed by atoms with van der Waals surface area (Å²) in [6, 6.07) is 11.7. The number of ketones is 2. The lowest BCUT2D eigenvalue weighted by atomic mass is 9.92. The number of rotatable bonds is 4. The molecule has 2 aromatic carbocycles. The van der Waals surface area contributed by atoms with Crippen LogP contribution in [-0.2, 0) is 20.4 Å². The van der Waals surface area contributed by atoms with Crippen molar-refractivity contribution >= 4 is 75.3 Å². The Balaban J connectivity index is 0.000000140. The summed E-state index contributed by atoms with van der Waals surface area (Å²) in [6.45, 7) is 3.33. The SMILES string of the molecule is CC(=O)C1(c2ccc3ocnc3c2)CC1.CC(=O)C1(c2ccc3ocnc3c2)CC1.[Cl][Al]([Cl])[Cl]. The molecule has 2 saturated carbocycles. The average Bonchev–Trinajstić information content (AvgIpc) is 3.68. The first-order valence-electron chi connectivity index (χ1n) is 10.8. The third-order valence-corrected chi connectivity index (χ3v) is 6.61. The largest absolute Gasteiger partial charge is 0.643 e. The molecule has 10 heteroatoms. The zero-order chi connectivity index (χ0) is 24.5. The minimum absolute atomic E-state index is 0.215. The number of halogens is 3. The van der Waals surface area contributed by atoms with Crippen LogP contribution in [0, 0.1) is 0 Å². The molecule has 0 unspecified atom stereocenters. The van der Waals surface area contributed by atoms with Crippen molar-refractivity contribution in [3.63, 3.8) is 0 Å². The number of aromatic nitrogens is 2. The molecule has 4 aromatic rings. The molecule has 176 valence electrons. The Labute approximate surface area is 213 Å². The Morgan fingerprint density at radius 3 is 1.41 bits per heavy atom. The van der Waals surface area contributed by atoms with Gasteiger partial charge in [0.25, 0.3) is 0 Å². The van der Waals surface area contributed by atoms with Crippen molar-refractivity contribution < 1.29 is 18.4 Å². The van der Waals surface area contributed by atoms with Gasteiger partial charge in [0.05, 0.1) is 10.8 Å². The molecule has 6 rings (SSSR count). The standard InChI is InChI=1S/2C12H11NO2.Al.3ClH/c2*1-8(14)12(4-5-12)9-2-3-11-10(6-9)13-7-15-11;;;;/h2*2-3,6-7H,4-5H2,1H3;;3*1H/q;;+3;;;/p-3. The minimum atomic E-state index is -1.72. The second-order valence-corrected chi connectivity index (χ2v) is 15.0. The monoisotopic (exact) mass is 534 g/mol. The number of Topliss-reactive ketones (excluding diaryl/α,β-unsaturated/α-hetero) is 2. The highest BCUT2D eigenvalue weighted by Crippen LogP contribution is 2.50. The Morgan fingerprint density at radius 1 is 0.765 bits per heavy atom. The zero-order valence-electron chi connectivity index (χ0n) is 18.7. The van der Waals surface area contributed by atoms with Gasteiger partial charge >= 0.3 is 11.4 Å². The van der Waals surface area contributed by atoms with Crippen LogP contribution in [-0.4, -0.2) is 32.9 Å². The molecule has 0 atom stereocenters. The van der Waals surface area contributed by atoms with Crippen molar-refractivity contribution in [2.45, 2.75) is 50.4 Å². The van der Waals surface area contributed by atoms with E-state index in [9.17, 15) is 9.59 Å². The van der Waals surface area contributed by atoms with E-state index in [0.717, 1.165) is 59.0 Å². The van der Waals surface area contributed by atoms with Gasteiger partial charge in [-0.15, -0.1) is 0 Å². The van der Waals surface area contributed by atoms with Gasteiger partial charge in [-0.05, 0) is 74.9 Å². The summed E-state index contributed by atoms with van der Waals surface area (Å²) in [6.07, 6.45) is 6.72. The van der Waals surface area contributed by atoms with Crippen molar-refractivity contribution in [3.05, 3.63) is 60.3 Å². The minimum Gasteiger partial charge on any atom is -0.443 e. The number of hydrogen-bond donors (Lipinski definition) is 0. The number of benzene rings is 2. The first-order chi connectivity index (χ1) is 16.2. The Kier molecular flexibility index (Phi) is 7.42. The third-order valence-electron chi connectivity index (χ3n) is 6.61. The average molecular weight is 536 g/mol. The lowest BCUT2D eigenvalue weighted by molar-refractivity contribution is -0.120. The summed E-state index contributed by atoms with van der Waals surface area (Å²) in [5, 5.41) is 0. The summed E-state index contributed by atoms with van der Waals surface area (Å²) in [4.78, 5) is 31.3. The molecule has 2 aliphatic rings. The van der Waals surface area contributed by atoms with Crippen LogP contribution >= 0.6 is 30.1 Å². The highest BCUT2D eigenvalue weighted by molar-refractivity contribution is 7.54. The summed E-state index contributed by atoms with van der Waals surface area (Å²) in [7, 11) is 14.8. The Hall–Kier alpha value is -1.88. The molecule has 2 aromatic heterocycles. The summed E-state index contributed by atoms with van der Waals surface area (Å²) >= 11 is -1.72. The van der Waals surface area contributed by atoms with Gasteiger partial charge in [-0.1, -0.05) is 12.1 Å². The fourth-order valence-electron chi connectivity index (χ4n) is 4.25. The molecule has 2 heterocycles. The van der Waals surface area contributed by atoms with E-state index in [1.807, 2.05) is 36.4 Å². The summed E-state index contributed by atoms with van der Waals surface area (Å²) in [5.41, 5.74) is 4.95. The van der Waals surface area contributed by atoms with E-state index in [0.29, 0.717) is 0 Å². The van der Waals surface area contributed by atoms with Crippen molar-refractivity contribution in [2.75, 3.05) is 0 Å². The van der Waals surface area contributed by atoms with Crippen LogP contribution in [0.3, 0.4) is 0 Å². The van der Waals surface area contributed by atoms with Crippen LogP contribution in [0.15, 0.2) is 58.0 Å². The molecule has 6 nitrogen and oxygen atoms in total. The van der Waals surface area contributed by atoms with Crippen molar-refractivity contribution in [1.29, 1.82) is 0 Å². The van der Waals surface area contributed by atoms with Gasteiger partial charge < -0.3 is 8.83 Å². The van der Waals surface area contributed by atoms with Gasteiger partial charge in [-0.2, -0.15) is 0 Å². The van der Waals surface area contributed by atoms with Crippen LogP contribution in [0.5, 0.6) is 0 Å². The predicted octanol–water partition coefficient (Wildman–Crippen LogP) is 6.58. The van der Waals surface area contributed by atoms with Gasteiger partial charge in [0.2, 0.25) is 0 Å². The molecule has 34 heavy (non-hydrogen) atoms. The van der Waals surface area contributed by atoms with Crippen LogP contribution in [0.2, 0.25) is 0 Å². The number of oxazole rings is 2. The fraction of sp³-hybridized carbons (Fsp3) is 0.333. The maximum Gasteiger partial charge on any atom is 0.643 e. The zero-order valence-corrected chi connectivity index (χ0v) is 22.1. The number of nitrogens with zero attached hydrogens (tertiary/aromatic N) is 2. The van der Waals surface area contributed by atoms with Crippen molar-refractivity contribution in [3.8, 4) is 0 Å². The van der Waals surface area contributed by atoms with E-state index in [4.69, 9.17) is 39.0 Å². The Morgan fingerprint density at radius 2 is 1.12 bits per heavy atom. The van der Waals surface area contributed by atoms with E-state index in [1.54, 1.807) is 13.8 Å². The predicted molar refractivity (Wildman–Crippen MR) is 135 cm³/mol. The topological polar surface area (TPSA) is 86.2 Å². The van der Waals surface area contributed by atoms with Crippen LogP contribution in [0.25, 0.3) is 22.2 Å². The second kappa shape index (κ2) is 10.0. The molecule has 0 amide bonds. The maximum atomic E-state index is 11.6. The first kappa shape index (κ1) is 25.2. The van der Waals surface area contributed by atoms with E-state index in [-0.39, 0.29) is 22.4 Å². The van der Waals surface area contributed by atoms with Crippen molar-refractivity contribution in [1.82, 2.24) is 9.97 Å². The van der Waals surface area contributed by atoms with E-state index in [2.05, 4.69) is 9.97 Å². The molecular weight excluding hydrogens is 514 g/mol. The molecule has 2 aliphatic carbocycles. The summed E-state index contributed by atoms with van der Waals surface area (Å²) in [5.74, 6) is 0.510. The highest BCUT2D eigenvalue weighted by atomic mass is 35.8. The van der Waals surface area contributed by atoms with Crippen LogP contribution < -0.4 is 0 Å². The Bertz CT molecular complexity index is 1240. The number of fused-ring (bicyclic) bond motifs is 2. The van der Waals surface area contributed by atoms with Gasteiger partial charge in [0.15, 0.2) is 24.0 Å². The van der Waals surface area contributed by atoms with Gasteiger partial charge in [-0.3, -0.25) is 9.59 Å². The molecule has 0 saturated heterocycles. The molecule has 2 fully saturated rings. The number of carbonyl (C=O) groups is 2. The maximum absolute atomic E-state index is 11.6. The number of hydrogen-bond acceptors (Lipinski definition) is 6. The fourth-order valence-corrected chi connectivity index (χ4v) is 4.25. The summed E-state index contributed by atoms with van der Waals surface area (Å²) < 4.78 is 10.3. The second-order valence-electron chi connectivity index (χ2n) is 8.59. The molecular formula is C24H22AlCl3N2O4. The first-order valence-corrected chi connectivity index (χ1v) is 16.0. The normalized spacial score (nSPS) is 16.6. The van der Waals surface area contributed by atoms with Crippen LogP contribution in [0.4, 0.5) is 0 Å². The highest BCUT2D eigenvalue weighted by Gasteiger charge is 2.49. The molecule has 0 radical (unpaired) electrons. The molecule has 0 N–H and O–H groups in total. The quantitative estimate of drug-likeness (QED) is 0.274. The van der Waals surface area contributed by atoms with Gasteiger partial charge in [0, 0.05) is 0 Å². The smallest absolute Gasteiger partial charge is 0.443 e. The van der Waals surface area contributed by atoms with E-state index < -0.39 is 11.4 Å². The lowest BCUT2D eigenvalue weighted by Gasteiger charge is -2.10. The number of carbonyl (C=O) groups excluding carboxylic acids is 2. The molecule has 0 bridgehead atoms. The lowest BCUT2D eigenvalue weighted by Crippen LogP contribution is -2.16. The van der Waals surface area contributed by atoms with Gasteiger partial charge in [-0.25, -0.2) is 40.1 Å². The van der Waals surface area contributed by atoms with E-state index in [1.165, 1.54) is 12.8 Å². The molecule has 0 aliphatic heterocycles. The van der Waals surface area contributed by atoms with Crippen LogP contribution in [0.1, 0.15) is 50.7 Å². The van der Waals surface area contributed by atoms with Gasteiger partial charge in [0.1, 0.15) is 22.6 Å². The third kappa shape index (κ3) is 5.20. The molecule has 0 spiro atoms. The van der Waals surface area contributed by atoms with E-state index >= 15 is 0 Å². The van der Waals surface area contributed by atoms with Crippen molar-refractivity contribution in [2.24, 2.45) is 0 Å².